The highest BCUT2D eigenvalue weighted by Crippen LogP contribution is 2.32. The highest BCUT2D eigenvalue weighted by molar-refractivity contribution is 5.79. The molecule has 0 saturated heterocycles. The molecule has 1 aromatic rings. The van der Waals surface area contributed by atoms with E-state index in [0.717, 1.165) is 6.07 Å². The lowest BCUT2D eigenvalue weighted by Crippen LogP contribution is -2.42. The molecule has 0 aliphatic rings. The van der Waals surface area contributed by atoms with Gasteiger partial charge in [0.15, 0.2) is 0 Å². The zero-order valence-electron chi connectivity index (χ0n) is 12.1. The van der Waals surface area contributed by atoms with Gasteiger partial charge in [-0.25, -0.2) is 0 Å². The second kappa shape index (κ2) is 6.93. The van der Waals surface area contributed by atoms with E-state index in [4.69, 9.17) is 0 Å². The number of carbonyl (C=O) groups excluding carboxylic acids is 1. The van der Waals surface area contributed by atoms with Gasteiger partial charge in [0.2, 0.25) is 5.91 Å². The van der Waals surface area contributed by atoms with Crippen molar-refractivity contribution in [1.29, 1.82) is 0 Å². The summed E-state index contributed by atoms with van der Waals surface area (Å²) in [5.41, 5.74) is -1.89. The molecule has 0 radical (unpaired) electrons. The molecule has 1 amide bonds. The lowest BCUT2D eigenvalue weighted by Gasteiger charge is -2.25. The van der Waals surface area contributed by atoms with Crippen molar-refractivity contribution in [3.8, 4) is 0 Å². The Morgan fingerprint density at radius 1 is 1.19 bits per heavy atom. The molecule has 0 saturated carbocycles. The number of hydrogen-bond donors (Lipinski definition) is 2. The van der Waals surface area contributed by atoms with Crippen LogP contribution in [0, 0.1) is 0 Å². The Balaban J connectivity index is 2.72. The minimum Gasteiger partial charge on any atom is -0.388 e. The van der Waals surface area contributed by atoms with Gasteiger partial charge in [0.05, 0.1) is 17.6 Å². The van der Waals surface area contributed by atoms with Gasteiger partial charge in [-0.15, -0.1) is 0 Å². The first-order valence-corrected chi connectivity index (χ1v) is 6.86. The van der Waals surface area contributed by atoms with E-state index in [1.165, 1.54) is 18.2 Å². The molecule has 0 aromatic heterocycles. The van der Waals surface area contributed by atoms with Crippen molar-refractivity contribution in [2.75, 3.05) is 6.54 Å². The van der Waals surface area contributed by atoms with E-state index < -0.39 is 23.2 Å². The molecular weight excluding hydrogens is 283 g/mol. The van der Waals surface area contributed by atoms with E-state index in [-0.39, 0.29) is 18.5 Å². The average molecular weight is 303 g/mol. The quantitative estimate of drug-likeness (QED) is 0.849. The number of nitrogens with one attached hydrogen (secondary N) is 1. The molecule has 0 spiro atoms. The van der Waals surface area contributed by atoms with Crippen LogP contribution in [0.1, 0.15) is 37.8 Å². The Morgan fingerprint density at radius 3 is 2.29 bits per heavy atom. The Morgan fingerprint density at radius 2 is 1.76 bits per heavy atom. The number of amides is 1. The smallest absolute Gasteiger partial charge is 0.388 e. The number of benzene rings is 1. The highest BCUT2D eigenvalue weighted by atomic mass is 19.4. The van der Waals surface area contributed by atoms with Gasteiger partial charge in [-0.3, -0.25) is 4.79 Å². The van der Waals surface area contributed by atoms with Crippen molar-refractivity contribution in [3.05, 3.63) is 35.4 Å². The van der Waals surface area contributed by atoms with Crippen LogP contribution in [0.3, 0.4) is 0 Å². The molecule has 1 rings (SSSR count). The third kappa shape index (κ3) is 5.04. The van der Waals surface area contributed by atoms with Gasteiger partial charge in [-0.1, -0.05) is 32.0 Å². The van der Waals surface area contributed by atoms with Crippen LogP contribution in [0.4, 0.5) is 13.2 Å². The summed E-state index contributed by atoms with van der Waals surface area (Å²) >= 11 is 0. The fourth-order valence-electron chi connectivity index (χ4n) is 1.95. The number of carbonyl (C=O) groups is 1. The second-order valence-electron chi connectivity index (χ2n) is 5.04. The molecule has 2 N–H and O–H groups in total. The molecule has 6 heteroatoms. The third-order valence-electron chi connectivity index (χ3n) is 3.60. The summed E-state index contributed by atoms with van der Waals surface area (Å²) in [4.78, 5) is 11.8. The molecule has 0 unspecified atom stereocenters. The number of alkyl halides is 3. The molecular formula is C15H20F3NO2. The molecule has 21 heavy (non-hydrogen) atoms. The predicted octanol–water partition coefficient (Wildman–Crippen LogP) is 2.92. The van der Waals surface area contributed by atoms with E-state index in [1.54, 1.807) is 13.8 Å². The standard InChI is InChI=1S/C15H20F3NO2/c1-3-14(21,4-2)10-19-13(20)9-11-7-5-6-8-12(11)15(16,17)18/h5-8,21H,3-4,9-10H2,1-2H3,(H,19,20). The van der Waals surface area contributed by atoms with Crippen LogP contribution in [0.15, 0.2) is 24.3 Å². The molecule has 0 bridgehead atoms. The summed E-state index contributed by atoms with van der Waals surface area (Å²) in [7, 11) is 0. The fourth-order valence-corrected chi connectivity index (χ4v) is 1.95. The molecule has 0 aliphatic heterocycles. The van der Waals surface area contributed by atoms with Gasteiger partial charge in [0, 0.05) is 6.54 Å². The van der Waals surface area contributed by atoms with Crippen LogP contribution in [0.5, 0.6) is 0 Å². The van der Waals surface area contributed by atoms with Crippen LogP contribution in [-0.4, -0.2) is 23.2 Å². The summed E-state index contributed by atoms with van der Waals surface area (Å²) in [6.45, 7) is 3.61. The zero-order chi connectivity index (χ0) is 16.1. The van der Waals surface area contributed by atoms with E-state index >= 15 is 0 Å². The maximum atomic E-state index is 12.8. The SMILES string of the molecule is CCC(O)(CC)CNC(=O)Cc1ccccc1C(F)(F)F. The minimum atomic E-state index is -4.48. The van der Waals surface area contributed by atoms with Crippen LogP contribution in [-0.2, 0) is 17.4 Å². The van der Waals surface area contributed by atoms with Crippen LogP contribution in [0.25, 0.3) is 0 Å². The fraction of sp³-hybridized carbons (Fsp3) is 0.533. The van der Waals surface area contributed by atoms with Gasteiger partial charge in [-0.2, -0.15) is 13.2 Å². The van der Waals surface area contributed by atoms with Crippen molar-refractivity contribution in [2.45, 2.75) is 44.9 Å². The summed E-state index contributed by atoms with van der Waals surface area (Å²) in [5, 5.41) is 12.5. The van der Waals surface area contributed by atoms with Gasteiger partial charge < -0.3 is 10.4 Å². The summed E-state index contributed by atoms with van der Waals surface area (Å²) in [5.74, 6) is -0.535. The average Bonchev–Trinajstić information content (AvgIpc) is 2.44. The van der Waals surface area contributed by atoms with Gasteiger partial charge >= 0.3 is 6.18 Å². The molecule has 1 aromatic carbocycles. The summed E-state index contributed by atoms with van der Waals surface area (Å²) in [6.07, 6.45) is -3.92. The first-order valence-electron chi connectivity index (χ1n) is 6.86. The highest BCUT2D eigenvalue weighted by Gasteiger charge is 2.33. The monoisotopic (exact) mass is 303 g/mol. The molecule has 0 fully saturated rings. The lowest BCUT2D eigenvalue weighted by atomic mass is 9.97. The minimum absolute atomic E-state index is 0.0347. The summed E-state index contributed by atoms with van der Waals surface area (Å²) in [6, 6.07) is 4.99. The van der Waals surface area contributed by atoms with E-state index in [9.17, 15) is 23.1 Å². The molecule has 0 aliphatic carbocycles. The molecule has 118 valence electrons. The van der Waals surface area contributed by atoms with Crippen LogP contribution >= 0.6 is 0 Å². The number of hydrogen-bond acceptors (Lipinski definition) is 2. The number of rotatable bonds is 6. The Hall–Kier alpha value is -1.56. The number of halogens is 3. The molecule has 0 heterocycles. The summed E-state index contributed by atoms with van der Waals surface area (Å²) < 4.78 is 38.4. The Labute approximate surface area is 122 Å². The molecule has 3 nitrogen and oxygen atoms in total. The van der Waals surface area contributed by atoms with Crippen molar-refractivity contribution in [3.63, 3.8) is 0 Å². The van der Waals surface area contributed by atoms with E-state index in [2.05, 4.69) is 5.32 Å². The van der Waals surface area contributed by atoms with Crippen molar-refractivity contribution in [2.24, 2.45) is 0 Å². The Kier molecular flexibility index (Phi) is 5.78. The lowest BCUT2D eigenvalue weighted by molar-refractivity contribution is -0.138. The van der Waals surface area contributed by atoms with E-state index in [0.29, 0.717) is 12.8 Å². The van der Waals surface area contributed by atoms with Gasteiger partial charge in [0.25, 0.3) is 0 Å². The topological polar surface area (TPSA) is 49.3 Å². The maximum Gasteiger partial charge on any atom is 0.416 e. The third-order valence-corrected chi connectivity index (χ3v) is 3.60. The van der Waals surface area contributed by atoms with Crippen molar-refractivity contribution >= 4 is 5.91 Å². The first kappa shape index (κ1) is 17.5. The zero-order valence-corrected chi connectivity index (χ0v) is 12.1. The maximum absolute atomic E-state index is 12.8. The van der Waals surface area contributed by atoms with Gasteiger partial charge in [-0.05, 0) is 24.5 Å². The normalized spacial score (nSPS) is 12.3. The van der Waals surface area contributed by atoms with Crippen LogP contribution < -0.4 is 5.32 Å². The number of aliphatic hydroxyl groups is 1. The predicted molar refractivity (Wildman–Crippen MR) is 73.7 cm³/mol. The second-order valence-corrected chi connectivity index (χ2v) is 5.04. The van der Waals surface area contributed by atoms with E-state index in [1.807, 2.05) is 0 Å². The van der Waals surface area contributed by atoms with Crippen LogP contribution in [0.2, 0.25) is 0 Å². The largest absolute Gasteiger partial charge is 0.416 e. The van der Waals surface area contributed by atoms with Crippen molar-refractivity contribution in [1.82, 2.24) is 5.32 Å². The van der Waals surface area contributed by atoms with Gasteiger partial charge in [0.1, 0.15) is 0 Å². The first-order chi connectivity index (χ1) is 9.72. The molecule has 0 atom stereocenters. The van der Waals surface area contributed by atoms with Crippen molar-refractivity contribution < 1.29 is 23.1 Å². The Bertz CT molecular complexity index is 482.